The van der Waals surface area contributed by atoms with Gasteiger partial charge in [0.05, 0.1) is 18.0 Å². The third-order valence-electron chi connectivity index (χ3n) is 6.19. The number of ketones is 1. The second-order valence-electron chi connectivity index (χ2n) is 8.77. The van der Waals surface area contributed by atoms with Crippen LogP contribution in [0.4, 0.5) is 0 Å². The number of rotatable bonds is 7. The zero-order valence-electron chi connectivity index (χ0n) is 20.2. The summed E-state index contributed by atoms with van der Waals surface area (Å²) in [6.45, 7) is 9.11. The van der Waals surface area contributed by atoms with Gasteiger partial charge in [0.2, 0.25) is 5.16 Å². The quantitative estimate of drug-likeness (QED) is 0.279. The van der Waals surface area contributed by atoms with Gasteiger partial charge in [0, 0.05) is 17.0 Å². The summed E-state index contributed by atoms with van der Waals surface area (Å²) in [5.41, 5.74) is 5.74. The monoisotopic (exact) mass is 489 g/mol. The summed E-state index contributed by atoms with van der Waals surface area (Å²) in [5.74, 6) is 1.80. The fourth-order valence-electron chi connectivity index (χ4n) is 4.30. The summed E-state index contributed by atoms with van der Waals surface area (Å²) in [6.07, 6.45) is -0.130. The second-order valence-corrected chi connectivity index (χ2v) is 9.71. The van der Waals surface area contributed by atoms with Gasteiger partial charge >= 0.3 is 0 Å². The van der Waals surface area contributed by atoms with Crippen LogP contribution in [0.2, 0.25) is 0 Å². The fraction of sp³-hybridized carbons (Fsp3) is 0.308. The number of benzene rings is 2. The molecule has 0 amide bonds. The highest BCUT2D eigenvalue weighted by atomic mass is 32.2. The van der Waals surface area contributed by atoms with Gasteiger partial charge in [-0.15, -0.1) is 5.10 Å². The van der Waals surface area contributed by atoms with Crippen molar-refractivity contribution in [2.45, 2.75) is 45.5 Å². The van der Waals surface area contributed by atoms with Crippen molar-refractivity contribution in [2.75, 3.05) is 12.4 Å². The van der Waals surface area contributed by atoms with Crippen molar-refractivity contribution < 1.29 is 14.3 Å². The van der Waals surface area contributed by atoms with Crippen molar-refractivity contribution in [3.63, 3.8) is 0 Å². The van der Waals surface area contributed by atoms with Crippen molar-refractivity contribution in [1.29, 1.82) is 0 Å². The molecule has 3 heterocycles. The molecular weight excluding hydrogens is 462 g/mol. The van der Waals surface area contributed by atoms with Gasteiger partial charge in [-0.1, -0.05) is 36.0 Å². The van der Waals surface area contributed by atoms with E-state index in [4.69, 9.17) is 9.47 Å². The Balaban J connectivity index is 1.28. The largest absolute Gasteiger partial charge is 0.486 e. The smallest absolute Gasteiger partial charge is 0.214 e. The lowest BCUT2D eigenvalue weighted by atomic mass is 10.1. The Labute approximate surface area is 208 Å². The molecule has 0 spiro atoms. The maximum Gasteiger partial charge on any atom is 0.214 e. The van der Waals surface area contributed by atoms with Crippen LogP contribution in [0.25, 0.3) is 5.69 Å². The minimum atomic E-state index is -0.130. The maximum absolute atomic E-state index is 13.2. The zero-order chi connectivity index (χ0) is 24.5. The molecule has 8 nitrogen and oxygen atoms in total. The van der Waals surface area contributed by atoms with Crippen LogP contribution in [-0.2, 0) is 6.54 Å². The van der Waals surface area contributed by atoms with Gasteiger partial charge in [-0.25, -0.2) is 0 Å². The molecule has 0 saturated heterocycles. The van der Waals surface area contributed by atoms with Gasteiger partial charge in [0.15, 0.2) is 23.4 Å². The van der Waals surface area contributed by atoms with Crippen LogP contribution in [-0.4, -0.2) is 49.0 Å². The standard InChI is InChI=1S/C26H27N5O3S/c1-16-9-10-17(2)22(11-16)31-26(27-28-29-31)35-15-23(32)21-12-18(3)30(19(21)4)13-20-14-33-24-7-5-6-8-25(24)34-20/h5-12,20H,13-15H2,1-4H3/t20-/m0/s1. The number of carbonyl (C=O) groups excluding carboxylic acids is 1. The molecule has 1 aliphatic rings. The Morgan fingerprint density at radius 1 is 1.09 bits per heavy atom. The maximum atomic E-state index is 13.2. The lowest BCUT2D eigenvalue weighted by Gasteiger charge is -2.27. The number of Topliss-reactive ketones (excluding diaryl/α,β-unsaturated/α-hetero) is 1. The molecule has 0 aliphatic carbocycles. The van der Waals surface area contributed by atoms with E-state index >= 15 is 0 Å². The van der Waals surface area contributed by atoms with Crippen LogP contribution in [0.1, 0.15) is 32.9 Å². The van der Waals surface area contributed by atoms with Crippen LogP contribution in [0.3, 0.4) is 0 Å². The summed E-state index contributed by atoms with van der Waals surface area (Å²) in [6, 6.07) is 15.8. The van der Waals surface area contributed by atoms with Gasteiger partial charge in [-0.05, 0) is 73.5 Å². The van der Waals surface area contributed by atoms with E-state index in [0.717, 1.165) is 39.7 Å². The van der Waals surface area contributed by atoms with Crippen LogP contribution in [0.5, 0.6) is 11.5 Å². The third kappa shape index (κ3) is 4.68. The number of hydrogen-bond acceptors (Lipinski definition) is 7. The van der Waals surface area contributed by atoms with E-state index < -0.39 is 0 Å². The van der Waals surface area contributed by atoms with Gasteiger partial charge in [0.1, 0.15) is 6.61 Å². The van der Waals surface area contributed by atoms with Gasteiger partial charge in [-0.3, -0.25) is 4.79 Å². The SMILES string of the molecule is Cc1ccc(C)c(-n2nnnc2SCC(=O)c2cc(C)n(C[C@H]3COc4ccccc4O3)c2C)c1. The van der Waals surface area contributed by atoms with E-state index in [-0.39, 0.29) is 17.6 Å². The molecule has 0 saturated carbocycles. The number of hydrogen-bond donors (Lipinski definition) is 0. The molecule has 0 fully saturated rings. The molecule has 1 atom stereocenters. The van der Waals surface area contributed by atoms with E-state index in [9.17, 15) is 4.79 Å². The number of tetrazole rings is 1. The molecule has 0 unspecified atom stereocenters. The zero-order valence-corrected chi connectivity index (χ0v) is 21.0. The number of aromatic nitrogens is 5. The molecule has 5 rings (SSSR count). The van der Waals surface area contributed by atoms with E-state index in [1.807, 2.05) is 70.2 Å². The van der Waals surface area contributed by atoms with Gasteiger partial charge in [-0.2, -0.15) is 4.68 Å². The predicted octanol–water partition coefficient (Wildman–Crippen LogP) is 4.51. The molecule has 0 N–H and O–H groups in total. The van der Waals surface area contributed by atoms with E-state index in [2.05, 4.69) is 26.2 Å². The lowest BCUT2D eigenvalue weighted by molar-refractivity contribution is 0.0777. The average molecular weight is 490 g/mol. The molecule has 1 aliphatic heterocycles. The second kappa shape index (κ2) is 9.58. The number of aryl methyl sites for hydroxylation is 3. The van der Waals surface area contributed by atoms with Crippen LogP contribution < -0.4 is 9.47 Å². The first-order valence-corrected chi connectivity index (χ1v) is 12.5. The van der Waals surface area contributed by atoms with Gasteiger partial charge in [0.25, 0.3) is 0 Å². The average Bonchev–Trinajstić information content (AvgIpc) is 3.44. The van der Waals surface area contributed by atoms with Crippen molar-refractivity contribution in [3.05, 3.63) is 76.6 Å². The van der Waals surface area contributed by atoms with Crippen LogP contribution in [0, 0.1) is 27.7 Å². The number of carbonyl (C=O) groups is 1. The number of fused-ring (bicyclic) bond motifs is 1. The van der Waals surface area contributed by atoms with E-state index in [1.54, 1.807) is 4.68 Å². The first kappa shape index (κ1) is 23.2. The summed E-state index contributed by atoms with van der Waals surface area (Å²) in [5, 5.41) is 12.7. The highest BCUT2D eigenvalue weighted by molar-refractivity contribution is 7.99. The Hall–Kier alpha value is -3.59. The van der Waals surface area contributed by atoms with Crippen molar-refractivity contribution in [2.24, 2.45) is 0 Å². The Morgan fingerprint density at radius 2 is 1.89 bits per heavy atom. The number of ether oxygens (including phenoxy) is 2. The topological polar surface area (TPSA) is 84.1 Å². The molecule has 2 aromatic heterocycles. The number of para-hydroxylation sites is 2. The molecular formula is C26H27N5O3S. The minimum Gasteiger partial charge on any atom is -0.486 e. The normalized spacial score (nSPS) is 14.8. The van der Waals surface area contributed by atoms with Crippen molar-refractivity contribution in [1.82, 2.24) is 24.8 Å². The highest BCUT2D eigenvalue weighted by Gasteiger charge is 2.24. The third-order valence-corrected chi connectivity index (χ3v) is 7.11. The highest BCUT2D eigenvalue weighted by Crippen LogP contribution is 2.32. The van der Waals surface area contributed by atoms with Crippen molar-refractivity contribution in [3.8, 4) is 17.2 Å². The fourth-order valence-corrected chi connectivity index (χ4v) is 5.06. The molecule has 4 aromatic rings. The Bertz CT molecular complexity index is 1390. The predicted molar refractivity (Wildman–Crippen MR) is 134 cm³/mol. The number of nitrogens with zero attached hydrogens (tertiary/aromatic N) is 5. The first-order valence-electron chi connectivity index (χ1n) is 11.5. The molecule has 0 radical (unpaired) electrons. The minimum absolute atomic E-state index is 0.0380. The Kier molecular flexibility index (Phi) is 6.34. The van der Waals surface area contributed by atoms with E-state index in [1.165, 1.54) is 11.8 Å². The first-order chi connectivity index (χ1) is 16.9. The van der Waals surface area contributed by atoms with Gasteiger partial charge < -0.3 is 14.0 Å². The molecule has 9 heteroatoms. The summed E-state index contributed by atoms with van der Waals surface area (Å²) < 4.78 is 15.8. The van der Waals surface area contributed by atoms with E-state index in [0.29, 0.717) is 23.9 Å². The molecule has 0 bridgehead atoms. The lowest BCUT2D eigenvalue weighted by Crippen LogP contribution is -2.33. The summed E-state index contributed by atoms with van der Waals surface area (Å²) in [7, 11) is 0. The number of thioether (sulfide) groups is 1. The van der Waals surface area contributed by atoms with Crippen molar-refractivity contribution >= 4 is 17.5 Å². The molecule has 35 heavy (non-hydrogen) atoms. The Morgan fingerprint density at radius 3 is 2.71 bits per heavy atom. The molecule has 2 aromatic carbocycles. The summed E-state index contributed by atoms with van der Waals surface area (Å²) >= 11 is 1.34. The van der Waals surface area contributed by atoms with Crippen LogP contribution >= 0.6 is 11.8 Å². The van der Waals surface area contributed by atoms with Crippen LogP contribution in [0.15, 0.2) is 53.7 Å². The summed E-state index contributed by atoms with van der Waals surface area (Å²) in [4.78, 5) is 13.2. The molecule has 180 valence electrons.